The standard InChI is InChI=1S/C21H16BrN5OS/c1-13-6-9-15(10-7-13)27-25-18-11-8-14(12-19(18)26-27)23-21(29)24-20(28)16-4-2-3-5-17(16)22/h2-12H,1H3,(H2,23,24,28,29). The van der Waals surface area contributed by atoms with Gasteiger partial charge in [0.25, 0.3) is 5.91 Å². The first-order valence-electron chi connectivity index (χ1n) is 8.80. The van der Waals surface area contributed by atoms with Gasteiger partial charge in [-0.05, 0) is 77.5 Å². The summed E-state index contributed by atoms with van der Waals surface area (Å²) in [6, 6.07) is 20.7. The highest BCUT2D eigenvalue weighted by molar-refractivity contribution is 9.10. The fourth-order valence-corrected chi connectivity index (χ4v) is 3.44. The second-order valence-electron chi connectivity index (χ2n) is 6.42. The monoisotopic (exact) mass is 465 g/mol. The smallest absolute Gasteiger partial charge is 0.258 e. The van der Waals surface area contributed by atoms with Gasteiger partial charge in [0.05, 0.1) is 11.3 Å². The van der Waals surface area contributed by atoms with Crippen LogP contribution in [0.25, 0.3) is 16.7 Å². The van der Waals surface area contributed by atoms with Crippen molar-refractivity contribution in [1.29, 1.82) is 0 Å². The maximum Gasteiger partial charge on any atom is 0.258 e. The molecule has 0 saturated carbocycles. The Hall–Kier alpha value is -3.10. The van der Waals surface area contributed by atoms with E-state index < -0.39 is 0 Å². The third-order valence-electron chi connectivity index (χ3n) is 4.25. The van der Waals surface area contributed by atoms with Crippen molar-refractivity contribution in [1.82, 2.24) is 20.3 Å². The number of nitrogens with zero attached hydrogens (tertiary/aromatic N) is 3. The summed E-state index contributed by atoms with van der Waals surface area (Å²) < 4.78 is 0.703. The van der Waals surface area contributed by atoms with Gasteiger partial charge in [-0.25, -0.2) is 0 Å². The molecule has 4 aromatic rings. The zero-order valence-electron chi connectivity index (χ0n) is 15.4. The maximum atomic E-state index is 12.4. The summed E-state index contributed by atoms with van der Waals surface area (Å²) in [5, 5.41) is 14.9. The molecule has 0 radical (unpaired) electrons. The van der Waals surface area contributed by atoms with Crippen LogP contribution < -0.4 is 10.6 Å². The topological polar surface area (TPSA) is 71.8 Å². The van der Waals surface area contributed by atoms with Crippen molar-refractivity contribution in [2.24, 2.45) is 0 Å². The van der Waals surface area contributed by atoms with E-state index in [4.69, 9.17) is 12.2 Å². The van der Waals surface area contributed by atoms with Crippen LogP contribution in [0.4, 0.5) is 5.69 Å². The van der Waals surface area contributed by atoms with Crippen molar-refractivity contribution in [2.75, 3.05) is 5.32 Å². The van der Waals surface area contributed by atoms with Gasteiger partial charge in [-0.3, -0.25) is 10.1 Å². The molecule has 6 nitrogen and oxygen atoms in total. The van der Waals surface area contributed by atoms with Crippen LogP contribution in [0.2, 0.25) is 0 Å². The van der Waals surface area contributed by atoms with Gasteiger partial charge in [0.1, 0.15) is 11.0 Å². The van der Waals surface area contributed by atoms with Gasteiger partial charge in [-0.1, -0.05) is 29.8 Å². The maximum absolute atomic E-state index is 12.4. The number of nitrogens with one attached hydrogen (secondary N) is 2. The Morgan fingerprint density at radius 1 is 1.00 bits per heavy atom. The quantitative estimate of drug-likeness (QED) is 0.432. The van der Waals surface area contributed by atoms with Gasteiger partial charge in [-0.2, -0.15) is 4.80 Å². The number of carbonyl (C=O) groups excluding carboxylic acids is 1. The van der Waals surface area contributed by atoms with E-state index in [1.54, 1.807) is 23.0 Å². The van der Waals surface area contributed by atoms with Gasteiger partial charge < -0.3 is 5.32 Å². The molecule has 1 amide bonds. The number of carbonyl (C=O) groups is 1. The van der Waals surface area contributed by atoms with Crippen LogP contribution in [0, 0.1) is 6.92 Å². The second kappa shape index (κ2) is 8.10. The summed E-state index contributed by atoms with van der Waals surface area (Å²) in [4.78, 5) is 14.0. The average Bonchev–Trinajstić information content (AvgIpc) is 3.12. The minimum absolute atomic E-state index is 0.205. The molecule has 1 heterocycles. The summed E-state index contributed by atoms with van der Waals surface area (Å²) >= 11 is 8.64. The lowest BCUT2D eigenvalue weighted by Gasteiger charge is -2.10. The molecule has 3 aromatic carbocycles. The molecule has 144 valence electrons. The minimum atomic E-state index is -0.290. The Morgan fingerprint density at radius 2 is 1.72 bits per heavy atom. The van der Waals surface area contributed by atoms with Crippen LogP contribution in [0.5, 0.6) is 0 Å². The lowest BCUT2D eigenvalue weighted by atomic mass is 10.2. The molecule has 1 aromatic heterocycles. The van der Waals surface area contributed by atoms with Crippen molar-refractivity contribution >= 4 is 55.9 Å². The molecular weight excluding hydrogens is 450 g/mol. The first kappa shape index (κ1) is 19.2. The van der Waals surface area contributed by atoms with Crippen LogP contribution in [0.1, 0.15) is 15.9 Å². The minimum Gasteiger partial charge on any atom is -0.332 e. The zero-order chi connectivity index (χ0) is 20.4. The molecule has 0 aliphatic heterocycles. The molecule has 0 aliphatic carbocycles. The number of thiocarbonyl (C=S) groups is 1. The number of aromatic nitrogens is 3. The van der Waals surface area contributed by atoms with Gasteiger partial charge in [0, 0.05) is 10.2 Å². The molecule has 0 unspecified atom stereocenters. The highest BCUT2D eigenvalue weighted by Gasteiger charge is 2.12. The van der Waals surface area contributed by atoms with Crippen LogP contribution in [0.3, 0.4) is 0 Å². The second-order valence-corrected chi connectivity index (χ2v) is 7.68. The Balaban J connectivity index is 1.49. The normalized spacial score (nSPS) is 10.7. The van der Waals surface area contributed by atoms with Crippen molar-refractivity contribution in [3.8, 4) is 5.69 Å². The molecule has 0 aliphatic rings. The first-order valence-corrected chi connectivity index (χ1v) is 10.0. The summed E-state index contributed by atoms with van der Waals surface area (Å²) in [5.74, 6) is -0.290. The lowest BCUT2D eigenvalue weighted by molar-refractivity contribution is 0.0977. The van der Waals surface area contributed by atoms with E-state index >= 15 is 0 Å². The van der Waals surface area contributed by atoms with Gasteiger partial charge >= 0.3 is 0 Å². The fraction of sp³-hybridized carbons (Fsp3) is 0.0476. The predicted molar refractivity (Wildman–Crippen MR) is 121 cm³/mol. The van der Waals surface area contributed by atoms with E-state index in [-0.39, 0.29) is 11.0 Å². The average molecular weight is 466 g/mol. The molecule has 2 N–H and O–H groups in total. The molecular formula is C21H16BrN5OS. The number of halogens is 1. The molecule has 29 heavy (non-hydrogen) atoms. The predicted octanol–water partition coefficient (Wildman–Crippen LogP) is 4.62. The van der Waals surface area contributed by atoms with Crippen LogP contribution in [-0.2, 0) is 0 Å². The number of amides is 1. The van der Waals surface area contributed by atoms with E-state index in [9.17, 15) is 4.79 Å². The van der Waals surface area contributed by atoms with Crippen LogP contribution in [-0.4, -0.2) is 26.0 Å². The molecule has 0 saturated heterocycles. The van der Waals surface area contributed by atoms with E-state index in [0.717, 1.165) is 16.7 Å². The highest BCUT2D eigenvalue weighted by atomic mass is 79.9. The third-order valence-corrected chi connectivity index (χ3v) is 5.14. The van der Waals surface area contributed by atoms with Crippen molar-refractivity contribution in [3.05, 3.63) is 82.3 Å². The fourth-order valence-electron chi connectivity index (χ4n) is 2.76. The van der Waals surface area contributed by atoms with E-state index in [1.165, 1.54) is 5.56 Å². The number of hydrogen-bond acceptors (Lipinski definition) is 4. The molecule has 0 bridgehead atoms. The first-order chi connectivity index (χ1) is 14.0. The number of fused-ring (bicyclic) bond motifs is 1. The Kier molecular flexibility index (Phi) is 5.37. The SMILES string of the molecule is Cc1ccc(-n2nc3ccc(NC(=S)NC(=O)c4ccccc4Br)cc3n2)cc1. The van der Waals surface area contributed by atoms with Crippen LogP contribution in [0.15, 0.2) is 71.2 Å². The highest BCUT2D eigenvalue weighted by Crippen LogP contribution is 2.18. The molecule has 4 rings (SSSR count). The van der Waals surface area contributed by atoms with Crippen molar-refractivity contribution in [2.45, 2.75) is 6.92 Å². The van der Waals surface area contributed by atoms with E-state index in [0.29, 0.717) is 15.7 Å². The van der Waals surface area contributed by atoms with E-state index in [2.05, 4.69) is 36.8 Å². The largest absolute Gasteiger partial charge is 0.332 e. The lowest BCUT2D eigenvalue weighted by Crippen LogP contribution is -2.34. The number of hydrogen-bond donors (Lipinski definition) is 2. The zero-order valence-corrected chi connectivity index (χ0v) is 17.8. The van der Waals surface area contributed by atoms with E-state index in [1.807, 2.05) is 55.5 Å². The summed E-state index contributed by atoms with van der Waals surface area (Å²) in [5.41, 5.74) is 4.77. The Bertz CT molecular complexity index is 1220. The molecule has 0 spiro atoms. The number of benzene rings is 3. The number of aryl methyl sites for hydroxylation is 1. The summed E-state index contributed by atoms with van der Waals surface area (Å²) in [6.07, 6.45) is 0. The van der Waals surface area contributed by atoms with Gasteiger partial charge in [0.15, 0.2) is 5.11 Å². The Labute approximate surface area is 181 Å². The Morgan fingerprint density at radius 3 is 2.48 bits per heavy atom. The number of anilines is 1. The van der Waals surface area contributed by atoms with Gasteiger partial charge in [0.2, 0.25) is 0 Å². The summed E-state index contributed by atoms with van der Waals surface area (Å²) in [6.45, 7) is 2.03. The molecule has 8 heteroatoms. The van der Waals surface area contributed by atoms with Crippen molar-refractivity contribution < 1.29 is 4.79 Å². The third kappa shape index (κ3) is 4.33. The van der Waals surface area contributed by atoms with Gasteiger partial charge in [-0.15, -0.1) is 10.2 Å². The summed E-state index contributed by atoms with van der Waals surface area (Å²) in [7, 11) is 0. The number of rotatable bonds is 3. The van der Waals surface area contributed by atoms with Crippen LogP contribution >= 0.6 is 28.1 Å². The molecule has 0 fully saturated rings. The molecule has 0 atom stereocenters. The van der Waals surface area contributed by atoms with Crippen molar-refractivity contribution in [3.63, 3.8) is 0 Å².